The summed E-state index contributed by atoms with van der Waals surface area (Å²) >= 11 is 6.09. The molecule has 1 heterocycles. The summed E-state index contributed by atoms with van der Waals surface area (Å²) < 4.78 is 5.90. The van der Waals surface area contributed by atoms with Gasteiger partial charge in [0.05, 0.1) is 6.04 Å². The molecule has 1 N–H and O–H groups in total. The first-order valence-electron chi connectivity index (χ1n) is 11.0. The number of hydrogen-bond acceptors (Lipinski definition) is 4. The van der Waals surface area contributed by atoms with Gasteiger partial charge in [-0.25, -0.2) is 0 Å². The lowest BCUT2D eigenvalue weighted by Crippen LogP contribution is -2.48. The number of benzene rings is 2. The highest BCUT2D eigenvalue weighted by atomic mass is 35.5. The number of hydrogen-bond donors (Lipinski definition) is 1. The molecule has 0 spiro atoms. The molecule has 1 amide bonds. The molecule has 5 nitrogen and oxygen atoms in total. The van der Waals surface area contributed by atoms with Crippen LogP contribution in [0.5, 0.6) is 5.75 Å². The van der Waals surface area contributed by atoms with Gasteiger partial charge in [-0.1, -0.05) is 49.7 Å². The van der Waals surface area contributed by atoms with Gasteiger partial charge < -0.3 is 15.0 Å². The highest BCUT2D eigenvalue weighted by Crippen LogP contribution is 2.27. The first-order chi connectivity index (χ1) is 14.8. The van der Waals surface area contributed by atoms with Crippen LogP contribution in [0, 0.1) is 6.92 Å². The maximum Gasteiger partial charge on any atom is 0.258 e. The van der Waals surface area contributed by atoms with E-state index in [9.17, 15) is 4.79 Å². The zero-order chi connectivity index (χ0) is 22.4. The van der Waals surface area contributed by atoms with Crippen molar-refractivity contribution in [2.45, 2.75) is 32.7 Å². The number of piperazine rings is 1. The van der Waals surface area contributed by atoms with E-state index in [2.05, 4.69) is 60.3 Å². The Morgan fingerprint density at radius 2 is 1.75 bits per heavy atom. The van der Waals surface area contributed by atoms with Gasteiger partial charge in [-0.3, -0.25) is 9.69 Å². The molecular formula is C25H35Cl2N3O2. The van der Waals surface area contributed by atoms with E-state index in [1.165, 1.54) is 0 Å². The van der Waals surface area contributed by atoms with Gasteiger partial charge in [0.25, 0.3) is 5.91 Å². The van der Waals surface area contributed by atoms with Gasteiger partial charge in [0.1, 0.15) is 5.75 Å². The highest BCUT2D eigenvalue weighted by Gasteiger charge is 2.24. The maximum absolute atomic E-state index is 12.6. The van der Waals surface area contributed by atoms with Crippen molar-refractivity contribution in [1.29, 1.82) is 0 Å². The molecule has 1 atom stereocenters. The van der Waals surface area contributed by atoms with Gasteiger partial charge in [0, 0.05) is 37.7 Å². The average Bonchev–Trinajstić information content (AvgIpc) is 2.74. The molecule has 0 radical (unpaired) electrons. The molecule has 1 aliphatic heterocycles. The molecule has 176 valence electrons. The average molecular weight is 480 g/mol. The third-order valence-corrected chi connectivity index (χ3v) is 6.13. The Kier molecular flexibility index (Phi) is 10.3. The smallest absolute Gasteiger partial charge is 0.258 e. The number of rotatable bonds is 8. The van der Waals surface area contributed by atoms with Crippen LogP contribution in [0.1, 0.15) is 42.5 Å². The van der Waals surface area contributed by atoms with E-state index in [0.717, 1.165) is 53.6 Å². The normalized spacial score (nSPS) is 15.8. The summed E-state index contributed by atoms with van der Waals surface area (Å²) in [6.45, 7) is 10.8. The molecule has 0 aliphatic carbocycles. The van der Waals surface area contributed by atoms with E-state index in [1.807, 2.05) is 25.1 Å². The molecular weight excluding hydrogens is 445 g/mol. The second kappa shape index (κ2) is 12.4. The van der Waals surface area contributed by atoms with Crippen molar-refractivity contribution in [3.8, 4) is 5.75 Å². The lowest BCUT2D eigenvalue weighted by atomic mass is 10.0. The quantitative estimate of drug-likeness (QED) is 0.596. The van der Waals surface area contributed by atoms with E-state index < -0.39 is 0 Å². The zero-order valence-electron chi connectivity index (χ0n) is 19.4. The lowest BCUT2D eigenvalue weighted by molar-refractivity contribution is -0.123. The number of ether oxygens (including phenoxy) is 1. The predicted octanol–water partition coefficient (Wildman–Crippen LogP) is 4.68. The van der Waals surface area contributed by atoms with Crippen LogP contribution < -0.4 is 10.1 Å². The summed E-state index contributed by atoms with van der Waals surface area (Å²) in [5, 5.41) is 3.81. The van der Waals surface area contributed by atoms with Gasteiger partial charge in [0.2, 0.25) is 0 Å². The number of carbonyl (C=O) groups excluding carboxylic acids is 1. The van der Waals surface area contributed by atoms with Crippen molar-refractivity contribution in [3.05, 3.63) is 64.2 Å². The molecule has 0 saturated carbocycles. The lowest BCUT2D eigenvalue weighted by Gasteiger charge is -2.38. The zero-order valence-corrected chi connectivity index (χ0v) is 21.0. The molecule has 1 saturated heterocycles. The molecule has 1 unspecified atom stereocenters. The largest absolute Gasteiger partial charge is 0.483 e. The fourth-order valence-corrected chi connectivity index (χ4v) is 4.05. The monoisotopic (exact) mass is 479 g/mol. The van der Waals surface area contributed by atoms with Gasteiger partial charge in [-0.15, -0.1) is 12.4 Å². The third kappa shape index (κ3) is 7.38. The minimum atomic E-state index is -0.107. The summed E-state index contributed by atoms with van der Waals surface area (Å²) in [6.07, 6.45) is 0. The van der Waals surface area contributed by atoms with Crippen LogP contribution in [-0.4, -0.2) is 62.1 Å². The number of likely N-dealkylation sites (N-methyl/N-ethyl adjacent to an activating group) is 1. The minimum absolute atomic E-state index is 0. The second-order valence-corrected chi connectivity index (χ2v) is 9.13. The Bertz CT molecular complexity index is 866. The molecule has 32 heavy (non-hydrogen) atoms. The predicted molar refractivity (Wildman–Crippen MR) is 134 cm³/mol. The van der Waals surface area contributed by atoms with E-state index in [-0.39, 0.29) is 31.0 Å². The van der Waals surface area contributed by atoms with Crippen LogP contribution in [0.25, 0.3) is 0 Å². The molecule has 0 bridgehead atoms. The third-order valence-electron chi connectivity index (χ3n) is 5.88. The fraction of sp³-hybridized carbons (Fsp3) is 0.480. The van der Waals surface area contributed by atoms with Crippen molar-refractivity contribution in [1.82, 2.24) is 15.1 Å². The molecule has 2 aromatic carbocycles. The number of nitrogens with zero attached hydrogens (tertiary/aromatic N) is 2. The van der Waals surface area contributed by atoms with Crippen molar-refractivity contribution in [2.24, 2.45) is 0 Å². The van der Waals surface area contributed by atoms with Crippen molar-refractivity contribution >= 4 is 29.9 Å². The van der Waals surface area contributed by atoms with Gasteiger partial charge >= 0.3 is 0 Å². The van der Waals surface area contributed by atoms with Crippen LogP contribution in [0.2, 0.25) is 5.02 Å². The topological polar surface area (TPSA) is 44.8 Å². The van der Waals surface area contributed by atoms with Crippen LogP contribution in [0.3, 0.4) is 0 Å². The van der Waals surface area contributed by atoms with E-state index >= 15 is 0 Å². The molecule has 3 rings (SSSR count). The Labute approximate surface area is 203 Å². The Balaban J connectivity index is 0.00000363. The van der Waals surface area contributed by atoms with E-state index in [4.69, 9.17) is 16.3 Å². The Hall–Kier alpha value is -1.79. The van der Waals surface area contributed by atoms with Crippen molar-refractivity contribution in [2.75, 3.05) is 46.4 Å². The first kappa shape index (κ1) is 26.5. The summed E-state index contributed by atoms with van der Waals surface area (Å²) in [7, 11) is 2.14. The van der Waals surface area contributed by atoms with E-state index in [1.54, 1.807) is 0 Å². The molecule has 2 aromatic rings. The molecule has 1 aliphatic rings. The number of halogens is 2. The van der Waals surface area contributed by atoms with Crippen LogP contribution >= 0.6 is 24.0 Å². The molecule has 7 heteroatoms. The van der Waals surface area contributed by atoms with Gasteiger partial charge in [0.15, 0.2) is 6.61 Å². The maximum atomic E-state index is 12.6. The summed E-state index contributed by atoms with van der Waals surface area (Å²) in [5.74, 6) is 1.02. The number of aryl methyl sites for hydroxylation is 1. The van der Waals surface area contributed by atoms with E-state index in [0.29, 0.717) is 12.5 Å². The molecule has 0 aromatic heterocycles. The van der Waals surface area contributed by atoms with Crippen molar-refractivity contribution < 1.29 is 9.53 Å². The Morgan fingerprint density at radius 3 is 2.38 bits per heavy atom. The van der Waals surface area contributed by atoms with Crippen molar-refractivity contribution in [3.63, 3.8) is 0 Å². The molecule has 1 fully saturated rings. The minimum Gasteiger partial charge on any atom is -0.483 e. The van der Waals surface area contributed by atoms with Gasteiger partial charge in [-0.2, -0.15) is 0 Å². The summed E-state index contributed by atoms with van der Waals surface area (Å²) in [4.78, 5) is 17.4. The first-order valence-corrected chi connectivity index (χ1v) is 11.4. The fourth-order valence-electron chi connectivity index (χ4n) is 3.92. The SMILES string of the molecule is Cc1ccc(C(C)C)c(OCC(=O)NCC(c2ccc(Cl)cc2)N2CCN(C)CC2)c1.Cl. The van der Waals surface area contributed by atoms with Crippen LogP contribution in [-0.2, 0) is 4.79 Å². The van der Waals surface area contributed by atoms with Crippen LogP contribution in [0.4, 0.5) is 0 Å². The Morgan fingerprint density at radius 1 is 1.09 bits per heavy atom. The van der Waals surface area contributed by atoms with Gasteiger partial charge in [-0.05, 0) is 54.8 Å². The summed E-state index contributed by atoms with van der Waals surface area (Å²) in [5.41, 5.74) is 3.41. The number of carbonyl (C=O) groups is 1. The summed E-state index contributed by atoms with van der Waals surface area (Å²) in [6, 6.07) is 14.2. The highest BCUT2D eigenvalue weighted by molar-refractivity contribution is 6.30. The standard InChI is InChI=1S/C25H34ClN3O2.ClH/c1-18(2)22-10-5-19(3)15-24(22)31-17-25(30)27-16-23(20-6-8-21(26)9-7-20)29-13-11-28(4)12-14-29;/h5-10,15,18,23H,11-14,16-17H2,1-4H3,(H,27,30);1H. The number of amides is 1. The second-order valence-electron chi connectivity index (χ2n) is 8.70. The van der Waals surface area contributed by atoms with Crippen LogP contribution in [0.15, 0.2) is 42.5 Å². The number of nitrogens with one attached hydrogen (secondary N) is 1.